The lowest BCUT2D eigenvalue weighted by Gasteiger charge is -2.21. The van der Waals surface area contributed by atoms with Gasteiger partial charge in [0.05, 0.1) is 6.04 Å². The van der Waals surface area contributed by atoms with Crippen LogP contribution in [0.2, 0.25) is 0 Å². The summed E-state index contributed by atoms with van der Waals surface area (Å²) in [6.07, 6.45) is 2.08. The van der Waals surface area contributed by atoms with E-state index >= 15 is 0 Å². The summed E-state index contributed by atoms with van der Waals surface area (Å²) in [5.41, 5.74) is 0. The molecule has 0 spiro atoms. The molecule has 0 unspecified atom stereocenters. The second-order valence-corrected chi connectivity index (χ2v) is 2.96. The molecule has 4 nitrogen and oxygen atoms in total. The van der Waals surface area contributed by atoms with Crippen LogP contribution in [0.1, 0.15) is 26.2 Å². The van der Waals surface area contributed by atoms with E-state index in [1.807, 2.05) is 6.92 Å². The van der Waals surface area contributed by atoms with Gasteiger partial charge in [-0.15, -0.1) is 0 Å². The Kier molecular flexibility index (Phi) is 3.22. The average molecular weight is 170 g/mol. The van der Waals surface area contributed by atoms with Gasteiger partial charge in [-0.25, -0.2) is 0 Å². The molecule has 0 aromatic carbocycles. The Morgan fingerprint density at radius 1 is 1.58 bits per heavy atom. The number of hydrogen-bond acceptors (Lipinski definition) is 3. The molecule has 1 saturated heterocycles. The van der Waals surface area contributed by atoms with Gasteiger partial charge in [0.25, 0.3) is 0 Å². The van der Waals surface area contributed by atoms with Gasteiger partial charge in [-0.1, -0.05) is 6.92 Å². The predicted octanol–water partition coefficient (Wildman–Crippen LogP) is -0.209. The maximum absolute atomic E-state index is 11.1. The highest BCUT2D eigenvalue weighted by molar-refractivity contribution is 6.00. The van der Waals surface area contributed by atoms with Crippen LogP contribution in [0, 0.1) is 0 Å². The van der Waals surface area contributed by atoms with E-state index < -0.39 is 0 Å². The van der Waals surface area contributed by atoms with Crippen LogP contribution >= 0.6 is 0 Å². The molecule has 0 aromatic heterocycles. The minimum Gasteiger partial charge on any atom is -0.306 e. The molecule has 0 aromatic rings. The van der Waals surface area contributed by atoms with Crippen LogP contribution in [0.3, 0.4) is 0 Å². The molecule has 0 aliphatic carbocycles. The van der Waals surface area contributed by atoms with Crippen molar-refractivity contribution in [2.45, 2.75) is 32.2 Å². The Hall–Kier alpha value is -0.900. The summed E-state index contributed by atoms with van der Waals surface area (Å²) in [5.74, 6) is -0.339. The van der Waals surface area contributed by atoms with Gasteiger partial charge in [0.15, 0.2) is 0 Å². The number of carbonyl (C=O) groups is 2. The van der Waals surface area contributed by atoms with Crippen molar-refractivity contribution in [1.29, 1.82) is 0 Å². The number of nitrogens with one attached hydrogen (secondary N) is 2. The second-order valence-electron chi connectivity index (χ2n) is 2.96. The number of imide groups is 1. The molecular formula is C8H14N2O2. The largest absolute Gasteiger partial charge is 0.306 e. The summed E-state index contributed by atoms with van der Waals surface area (Å²) < 4.78 is 0. The first-order chi connectivity index (χ1) is 5.74. The molecule has 1 rings (SSSR count). The number of amides is 2. The maximum Gasteiger partial charge on any atom is 0.243 e. The third-order valence-electron chi connectivity index (χ3n) is 1.88. The highest BCUT2D eigenvalue weighted by Crippen LogP contribution is 2.03. The van der Waals surface area contributed by atoms with Crippen molar-refractivity contribution < 1.29 is 9.59 Å². The standard InChI is InChI=1S/C8H14N2O2/c1-2-5-9-6-3-4-7(11)10-8(6)12/h6,9H,2-5H2,1H3,(H,10,11,12)/t6-/m1/s1. The van der Waals surface area contributed by atoms with Gasteiger partial charge in [-0.2, -0.15) is 0 Å². The van der Waals surface area contributed by atoms with Crippen LogP contribution < -0.4 is 10.6 Å². The van der Waals surface area contributed by atoms with Crippen molar-refractivity contribution >= 4 is 11.8 Å². The van der Waals surface area contributed by atoms with E-state index in [1.165, 1.54) is 0 Å². The van der Waals surface area contributed by atoms with Gasteiger partial charge < -0.3 is 5.32 Å². The topological polar surface area (TPSA) is 58.2 Å². The second kappa shape index (κ2) is 4.21. The van der Waals surface area contributed by atoms with E-state index in [2.05, 4.69) is 10.6 Å². The highest BCUT2D eigenvalue weighted by Gasteiger charge is 2.25. The molecule has 0 saturated carbocycles. The predicted molar refractivity (Wildman–Crippen MR) is 44.5 cm³/mol. The zero-order valence-electron chi connectivity index (χ0n) is 7.22. The van der Waals surface area contributed by atoms with Crippen LogP contribution in [0.15, 0.2) is 0 Å². The van der Waals surface area contributed by atoms with E-state index in [1.54, 1.807) is 0 Å². The third-order valence-corrected chi connectivity index (χ3v) is 1.88. The monoisotopic (exact) mass is 170 g/mol. The molecule has 12 heavy (non-hydrogen) atoms. The van der Waals surface area contributed by atoms with Gasteiger partial charge >= 0.3 is 0 Å². The molecule has 2 N–H and O–H groups in total. The SMILES string of the molecule is CCCN[C@@H]1CCC(=O)NC1=O. The number of carbonyl (C=O) groups excluding carboxylic acids is 2. The smallest absolute Gasteiger partial charge is 0.243 e. The van der Waals surface area contributed by atoms with E-state index in [0.717, 1.165) is 13.0 Å². The van der Waals surface area contributed by atoms with Gasteiger partial charge in [0.2, 0.25) is 11.8 Å². The summed E-state index contributed by atoms with van der Waals surface area (Å²) in [7, 11) is 0. The lowest BCUT2D eigenvalue weighted by Crippen LogP contribution is -2.50. The van der Waals surface area contributed by atoms with Crippen molar-refractivity contribution in [1.82, 2.24) is 10.6 Å². The summed E-state index contributed by atoms with van der Waals surface area (Å²) in [6, 6.07) is -0.164. The lowest BCUT2D eigenvalue weighted by molar-refractivity contribution is -0.134. The molecule has 1 fully saturated rings. The molecule has 1 atom stereocenters. The number of rotatable bonds is 3. The van der Waals surface area contributed by atoms with E-state index in [9.17, 15) is 9.59 Å². The van der Waals surface area contributed by atoms with Crippen molar-refractivity contribution in [2.24, 2.45) is 0 Å². The Morgan fingerprint density at radius 3 is 2.92 bits per heavy atom. The van der Waals surface area contributed by atoms with Crippen LogP contribution in [-0.4, -0.2) is 24.4 Å². The summed E-state index contributed by atoms with van der Waals surface area (Å²) in [4.78, 5) is 21.8. The quantitative estimate of drug-likeness (QED) is 0.576. The van der Waals surface area contributed by atoms with Crippen molar-refractivity contribution in [3.63, 3.8) is 0 Å². The Labute approximate surface area is 71.7 Å². The third kappa shape index (κ3) is 2.30. The van der Waals surface area contributed by atoms with Gasteiger partial charge in [0, 0.05) is 6.42 Å². The summed E-state index contributed by atoms with van der Waals surface area (Å²) in [5, 5.41) is 5.38. The van der Waals surface area contributed by atoms with E-state index in [4.69, 9.17) is 0 Å². The minimum atomic E-state index is -0.181. The molecule has 0 bridgehead atoms. The lowest BCUT2D eigenvalue weighted by atomic mass is 10.1. The fourth-order valence-electron chi connectivity index (χ4n) is 1.21. The average Bonchev–Trinajstić information content (AvgIpc) is 2.03. The van der Waals surface area contributed by atoms with Crippen LogP contribution in [0.4, 0.5) is 0 Å². The molecule has 1 aliphatic rings. The van der Waals surface area contributed by atoms with Gasteiger partial charge in [-0.3, -0.25) is 14.9 Å². The molecule has 68 valence electrons. The minimum absolute atomic E-state index is 0.158. The summed E-state index contributed by atoms with van der Waals surface area (Å²) >= 11 is 0. The number of hydrogen-bond donors (Lipinski definition) is 2. The molecule has 4 heteroatoms. The van der Waals surface area contributed by atoms with Gasteiger partial charge in [0.1, 0.15) is 0 Å². The molecule has 0 radical (unpaired) electrons. The van der Waals surface area contributed by atoms with Crippen molar-refractivity contribution in [2.75, 3.05) is 6.54 Å². The Morgan fingerprint density at radius 2 is 2.33 bits per heavy atom. The number of piperidine rings is 1. The molecule has 2 amide bonds. The van der Waals surface area contributed by atoms with E-state index in [-0.39, 0.29) is 17.9 Å². The first kappa shape index (κ1) is 9.19. The molecule has 1 heterocycles. The Bertz CT molecular complexity index is 191. The van der Waals surface area contributed by atoms with Crippen molar-refractivity contribution in [3.05, 3.63) is 0 Å². The first-order valence-corrected chi connectivity index (χ1v) is 4.31. The fraction of sp³-hybridized carbons (Fsp3) is 0.750. The Balaban J connectivity index is 2.35. The van der Waals surface area contributed by atoms with Crippen LogP contribution in [-0.2, 0) is 9.59 Å². The fourth-order valence-corrected chi connectivity index (χ4v) is 1.21. The first-order valence-electron chi connectivity index (χ1n) is 4.31. The van der Waals surface area contributed by atoms with E-state index in [0.29, 0.717) is 12.8 Å². The van der Waals surface area contributed by atoms with Crippen LogP contribution in [0.5, 0.6) is 0 Å². The van der Waals surface area contributed by atoms with Crippen LogP contribution in [0.25, 0.3) is 0 Å². The maximum atomic E-state index is 11.1. The zero-order chi connectivity index (χ0) is 8.97. The van der Waals surface area contributed by atoms with Crippen molar-refractivity contribution in [3.8, 4) is 0 Å². The molecule has 1 aliphatic heterocycles. The van der Waals surface area contributed by atoms with Gasteiger partial charge in [-0.05, 0) is 19.4 Å². The normalized spacial score (nSPS) is 23.9. The molecular weight excluding hydrogens is 156 g/mol. The highest BCUT2D eigenvalue weighted by atomic mass is 16.2. The summed E-state index contributed by atoms with van der Waals surface area (Å²) in [6.45, 7) is 2.87. The zero-order valence-corrected chi connectivity index (χ0v) is 7.22.